The molecular formula is C70H109N15O19. The maximum atomic E-state index is 15.7. The Hall–Kier alpha value is -9.54. The molecule has 1 heterocycles. The highest BCUT2D eigenvalue weighted by Crippen LogP contribution is 2.40. The number of amides is 12. The number of guanidine groups is 1. The summed E-state index contributed by atoms with van der Waals surface area (Å²) in [5.74, 6) is -17.8. The minimum atomic E-state index is -2.60. The van der Waals surface area contributed by atoms with Gasteiger partial charge in [-0.2, -0.15) is 0 Å². The molecule has 12 amide bonds. The summed E-state index contributed by atoms with van der Waals surface area (Å²) in [5.41, 5.74) is 11.0. The number of nitrogens with two attached hydrogens (primary N) is 2. The predicted molar refractivity (Wildman–Crippen MR) is 377 cm³/mol. The molecule has 15 atom stereocenters. The van der Waals surface area contributed by atoms with E-state index in [1.807, 2.05) is 12.2 Å². The first-order valence-corrected chi connectivity index (χ1v) is 35.2. The van der Waals surface area contributed by atoms with Crippen LogP contribution in [-0.2, 0) is 73.6 Å². The highest BCUT2D eigenvalue weighted by Gasteiger charge is 2.45. The first-order chi connectivity index (χ1) is 49.0. The van der Waals surface area contributed by atoms with Gasteiger partial charge in [-0.3, -0.25) is 58.1 Å². The van der Waals surface area contributed by atoms with Crippen molar-refractivity contribution < 1.29 is 92.2 Å². The molecule has 0 spiro atoms. The van der Waals surface area contributed by atoms with Gasteiger partial charge in [-0.25, -0.2) is 9.59 Å². The number of carbonyl (C=O) groups excluding carboxylic acids is 13. The summed E-state index contributed by atoms with van der Waals surface area (Å²) in [4.78, 5) is 187. The van der Waals surface area contributed by atoms with Crippen LogP contribution in [0.3, 0.4) is 0 Å². The number of cyclic esters (lactones) is 1. The average molecular weight is 1460 g/mol. The molecule has 1 saturated heterocycles. The van der Waals surface area contributed by atoms with Gasteiger partial charge in [-0.15, -0.1) is 0 Å². The number of ether oxygens (including phenoxy) is 2. The van der Waals surface area contributed by atoms with Crippen molar-refractivity contribution in [3.05, 3.63) is 71.8 Å². The Balaban J connectivity index is 1.99. The van der Waals surface area contributed by atoms with E-state index in [1.165, 1.54) is 44.2 Å². The van der Waals surface area contributed by atoms with E-state index in [-0.39, 0.29) is 57.2 Å². The summed E-state index contributed by atoms with van der Waals surface area (Å²) < 4.78 is 11.6. The smallest absolute Gasteiger partial charge is 0.408 e. The van der Waals surface area contributed by atoms with Gasteiger partial charge in [-0.1, -0.05) is 149 Å². The lowest BCUT2D eigenvalue weighted by Gasteiger charge is -2.37. The minimum absolute atomic E-state index is 0.000129. The molecular weight excluding hydrogens is 1350 g/mol. The Morgan fingerprint density at radius 2 is 1.22 bits per heavy atom. The predicted octanol–water partition coefficient (Wildman–Crippen LogP) is -1.94. The number of benzene rings is 2. The number of aliphatic hydroxyl groups is 4. The summed E-state index contributed by atoms with van der Waals surface area (Å²) in [6, 6.07) is -2.67. The first-order valence-electron chi connectivity index (χ1n) is 35.2. The lowest BCUT2D eigenvalue weighted by Crippen LogP contribution is -2.64. The number of carbonyl (C=O) groups is 13. The topological polar surface area (TPSA) is 542 Å². The second-order valence-corrected chi connectivity index (χ2v) is 28.2. The van der Waals surface area contributed by atoms with E-state index in [2.05, 4.69) is 58.5 Å². The molecule has 104 heavy (non-hydrogen) atoms. The highest BCUT2D eigenvalue weighted by molar-refractivity contribution is 6.00. The second-order valence-electron chi connectivity index (χ2n) is 28.2. The fourth-order valence-electron chi connectivity index (χ4n) is 11.9. The van der Waals surface area contributed by atoms with Crippen molar-refractivity contribution in [2.24, 2.45) is 40.6 Å². The second kappa shape index (κ2) is 42.3. The third-order valence-electron chi connectivity index (χ3n) is 18.0. The Labute approximate surface area is 605 Å². The largest absolute Gasteiger partial charge is 0.453 e. The summed E-state index contributed by atoms with van der Waals surface area (Å²) in [5, 5.41) is 81.9. The number of nitrogens with one attached hydrogen (secondary N) is 13. The van der Waals surface area contributed by atoms with Crippen molar-refractivity contribution in [2.45, 2.75) is 231 Å². The van der Waals surface area contributed by atoms with Crippen molar-refractivity contribution in [2.75, 3.05) is 19.7 Å². The van der Waals surface area contributed by atoms with Crippen LogP contribution in [-0.4, -0.2) is 202 Å². The summed E-state index contributed by atoms with van der Waals surface area (Å²) in [7, 11) is 0. The van der Waals surface area contributed by atoms with Crippen molar-refractivity contribution in [3.8, 4) is 0 Å². The van der Waals surface area contributed by atoms with Crippen LogP contribution in [0.15, 0.2) is 60.7 Å². The summed E-state index contributed by atoms with van der Waals surface area (Å²) >= 11 is 0. The van der Waals surface area contributed by atoms with E-state index in [9.17, 15) is 68.4 Å². The minimum Gasteiger partial charge on any atom is -0.453 e. The number of hydrogen-bond donors (Lipinski definition) is 19. The van der Waals surface area contributed by atoms with Crippen LogP contribution in [0.25, 0.3) is 0 Å². The molecule has 2 aromatic carbocycles. The lowest BCUT2D eigenvalue weighted by molar-refractivity contribution is -0.159. The molecule has 34 nitrogen and oxygen atoms in total. The normalized spacial score (nSPS) is 24.2. The van der Waals surface area contributed by atoms with E-state index in [0.29, 0.717) is 18.4 Å². The Morgan fingerprint density at radius 3 is 1.79 bits per heavy atom. The number of alkyl carbamates (subject to hydrolysis) is 1. The SMILES string of the molecule is CC[C@H](C)C1NC(=O)[C@@H](CCCNC(=N)N)NC(=O)[C@H](CC(C)C)NC(=O)[C@H]([C@H](O)C(C)C)NC(=O)[C@@H](NC(=O)[C@H](CC(C)C)NC(=O)[C@@H](CC2(C)CCCCC2)NC(=O)OCc2ccccc2)[C@@H](c2ccccc2)OC(=O)[C@H](CO)NC(=O)[C@H]([C@H](O)C(N)=O)NC(=O)CNC(=O)C([C@H](C)O)NC1=O. The van der Waals surface area contributed by atoms with Crippen LogP contribution in [0.5, 0.6) is 0 Å². The van der Waals surface area contributed by atoms with Gasteiger partial charge < -0.3 is 105 Å². The van der Waals surface area contributed by atoms with Gasteiger partial charge in [0.05, 0.1) is 25.4 Å². The molecule has 0 radical (unpaired) electrons. The molecule has 2 aliphatic rings. The standard InChI is InChI=1S/C70H109N15O19/c1-11-39(8)49-63(97)83-50(40(9)87)62(96)75-33-48(88)81-52(55(90)57(71)91)65(99)79-47(34-86)67(101)104-56(42-24-17-13-18-25-42)53(66(100)84-51(54(89)38(6)7)64(98)78-44(30-36(2)3)59(93)76-43(58(92)82-49)26-21-29-74-68(72)73)85-60(94)45(31-37(4)5)77-61(95)46(32-70(10)27-19-14-20-28-70)80-69(102)103-35-41-22-15-12-16-23-41/h12-13,15-18,22-25,36-40,43-47,49-56,86-87,89-90H,11,14,19-21,26-35H2,1-10H3,(H2,71,91)(H,75,96)(H,76,93)(H,77,95)(H,78,98)(H,79,99)(H,80,102)(H,81,88)(H,82,92)(H,83,97)(H,84,100)(H,85,94)(H4,72,73,74)/t39-,40-,43+,44-,45-,46+,47-,49?,50?,51-,52-,53-,54+,55-,56+/m0/s1. The summed E-state index contributed by atoms with van der Waals surface area (Å²) in [6.45, 7) is 13.5. The van der Waals surface area contributed by atoms with Crippen molar-refractivity contribution in [1.29, 1.82) is 5.41 Å². The Kier molecular flexibility index (Phi) is 35.3. The first kappa shape index (κ1) is 86.9. The van der Waals surface area contributed by atoms with Crippen LogP contribution < -0.4 is 75.3 Å². The third-order valence-corrected chi connectivity index (χ3v) is 18.0. The zero-order chi connectivity index (χ0) is 77.7. The molecule has 4 rings (SSSR count). The molecule has 2 aromatic rings. The van der Waals surface area contributed by atoms with Gasteiger partial charge >= 0.3 is 12.1 Å². The molecule has 0 aromatic heterocycles. The molecule has 34 heteroatoms. The van der Waals surface area contributed by atoms with Crippen molar-refractivity contribution in [1.82, 2.24) is 63.8 Å². The molecule has 1 saturated carbocycles. The van der Waals surface area contributed by atoms with Crippen molar-refractivity contribution in [3.63, 3.8) is 0 Å². The molecule has 1 aliphatic heterocycles. The van der Waals surface area contributed by atoms with Crippen LogP contribution in [0.1, 0.15) is 157 Å². The van der Waals surface area contributed by atoms with Crippen LogP contribution in [0.2, 0.25) is 0 Å². The zero-order valence-corrected chi connectivity index (χ0v) is 60.8. The highest BCUT2D eigenvalue weighted by atomic mass is 16.6. The fourth-order valence-corrected chi connectivity index (χ4v) is 11.9. The van der Waals surface area contributed by atoms with Gasteiger partial charge in [0.2, 0.25) is 65.0 Å². The third kappa shape index (κ3) is 27.9. The van der Waals surface area contributed by atoms with Crippen molar-refractivity contribution >= 4 is 83.0 Å². The van der Waals surface area contributed by atoms with Gasteiger partial charge in [0, 0.05) is 6.54 Å². The van der Waals surface area contributed by atoms with Gasteiger partial charge in [0.15, 0.2) is 24.2 Å². The van der Waals surface area contributed by atoms with E-state index in [4.69, 9.17) is 26.4 Å². The molecule has 1 aliphatic carbocycles. The number of esters is 1. The maximum absolute atomic E-state index is 15.7. The van der Waals surface area contributed by atoms with Gasteiger partial charge in [-0.05, 0) is 92.1 Å². The molecule has 0 bridgehead atoms. The fraction of sp³-hybridized carbons (Fsp3) is 0.629. The quantitative estimate of drug-likeness (QED) is 0.0211. The number of primary amides is 1. The van der Waals surface area contributed by atoms with E-state index < -0.39 is 210 Å². The van der Waals surface area contributed by atoms with Gasteiger partial charge in [0.25, 0.3) is 0 Å². The Morgan fingerprint density at radius 1 is 0.654 bits per heavy atom. The molecule has 578 valence electrons. The van der Waals surface area contributed by atoms with Crippen LogP contribution >= 0.6 is 0 Å². The van der Waals surface area contributed by atoms with E-state index in [1.54, 1.807) is 71.9 Å². The molecule has 21 N–H and O–H groups in total. The van der Waals surface area contributed by atoms with E-state index >= 15 is 14.4 Å². The van der Waals surface area contributed by atoms with Crippen LogP contribution in [0, 0.1) is 34.5 Å². The number of hydrogen-bond acceptors (Lipinski definition) is 20. The zero-order valence-electron chi connectivity index (χ0n) is 60.8. The summed E-state index contributed by atoms with van der Waals surface area (Å²) in [6.07, 6.45) is -5.37. The molecule has 2 unspecified atom stereocenters. The number of aliphatic hydroxyl groups excluding tert-OH is 4. The molecule has 2 fully saturated rings. The lowest BCUT2D eigenvalue weighted by atomic mass is 9.71. The average Bonchev–Trinajstić information content (AvgIpc) is 0.804. The van der Waals surface area contributed by atoms with E-state index in [0.717, 1.165) is 26.2 Å². The Bertz CT molecular complexity index is 3250. The monoisotopic (exact) mass is 1460 g/mol. The van der Waals surface area contributed by atoms with Gasteiger partial charge in [0.1, 0.15) is 61.0 Å². The van der Waals surface area contributed by atoms with Crippen LogP contribution in [0.4, 0.5) is 4.79 Å². The number of rotatable bonds is 26. The maximum Gasteiger partial charge on any atom is 0.408 e.